The average Bonchev–Trinajstić information content (AvgIpc) is 2.15. The molecule has 0 saturated heterocycles. The Morgan fingerprint density at radius 1 is 1.35 bits per heavy atom. The van der Waals surface area contributed by atoms with E-state index in [1.54, 1.807) is 11.8 Å². The molecule has 0 saturated carbocycles. The van der Waals surface area contributed by atoms with Crippen molar-refractivity contribution in [2.45, 2.75) is 32.7 Å². The first-order chi connectivity index (χ1) is 7.90. The van der Waals surface area contributed by atoms with Crippen LogP contribution in [0.4, 0.5) is 0 Å². The Kier molecular flexibility index (Phi) is 4.89. The van der Waals surface area contributed by atoms with Gasteiger partial charge in [-0.15, -0.1) is 0 Å². The summed E-state index contributed by atoms with van der Waals surface area (Å²) in [7, 11) is 0. The summed E-state index contributed by atoms with van der Waals surface area (Å²) in [4.78, 5) is 26.5. The van der Waals surface area contributed by atoms with E-state index >= 15 is 0 Å². The zero-order chi connectivity index (χ0) is 13.2. The first-order valence-corrected chi connectivity index (χ1v) is 7.20. The molecule has 17 heavy (non-hydrogen) atoms. The van der Waals surface area contributed by atoms with Gasteiger partial charge in [-0.3, -0.25) is 14.3 Å². The van der Waals surface area contributed by atoms with Crippen molar-refractivity contribution < 1.29 is 0 Å². The van der Waals surface area contributed by atoms with E-state index in [1.165, 1.54) is 4.57 Å². The lowest BCUT2D eigenvalue weighted by atomic mass is 10.1. The van der Waals surface area contributed by atoms with Gasteiger partial charge in [-0.05, 0) is 19.1 Å². The molecule has 1 atom stereocenters. The molecule has 0 radical (unpaired) electrons. The Balaban J connectivity index is 3.47. The van der Waals surface area contributed by atoms with Crippen molar-refractivity contribution in [2.24, 2.45) is 0 Å². The molecule has 0 spiro atoms. The maximum atomic E-state index is 12.2. The summed E-state index contributed by atoms with van der Waals surface area (Å²) in [5.74, 6) is 0.696. The molecule has 1 aromatic heterocycles. The van der Waals surface area contributed by atoms with Crippen LogP contribution in [0.3, 0.4) is 0 Å². The second-order valence-corrected chi connectivity index (χ2v) is 5.58. The van der Waals surface area contributed by atoms with Gasteiger partial charge < -0.3 is 0 Å². The number of aromatic amines is 1. The third-order valence-corrected chi connectivity index (χ3v) is 3.66. The maximum Gasteiger partial charge on any atom is 0.329 e. The van der Waals surface area contributed by atoms with Gasteiger partial charge in [0.05, 0.1) is 5.56 Å². The fourth-order valence-electron chi connectivity index (χ4n) is 1.75. The molecule has 1 rings (SSSR count). The Bertz CT molecular complexity index is 507. The van der Waals surface area contributed by atoms with Gasteiger partial charge in [-0.1, -0.05) is 25.4 Å². The smallest absolute Gasteiger partial charge is 0.297 e. The number of nitrogens with zero attached hydrogens (tertiary/aromatic N) is 1. The third kappa shape index (κ3) is 2.96. The zero-order valence-corrected chi connectivity index (χ0v) is 12.0. The molecule has 4 nitrogen and oxygen atoms in total. The number of aromatic nitrogens is 2. The van der Waals surface area contributed by atoms with Crippen molar-refractivity contribution in [3.8, 4) is 0 Å². The molecule has 1 heterocycles. The summed E-state index contributed by atoms with van der Waals surface area (Å²) in [5, 5.41) is 0.155. The highest BCUT2D eigenvalue weighted by molar-refractivity contribution is 7.98. The summed E-state index contributed by atoms with van der Waals surface area (Å²) >= 11 is 7.50. The first-order valence-electron chi connectivity index (χ1n) is 5.43. The average molecular weight is 277 g/mol. The Morgan fingerprint density at radius 3 is 2.41 bits per heavy atom. The number of hydrogen-bond donors (Lipinski definition) is 1. The van der Waals surface area contributed by atoms with Crippen LogP contribution < -0.4 is 11.2 Å². The van der Waals surface area contributed by atoms with E-state index in [0.29, 0.717) is 11.3 Å². The largest absolute Gasteiger partial charge is 0.329 e. The summed E-state index contributed by atoms with van der Waals surface area (Å²) in [6.07, 6.45) is 1.94. The Morgan fingerprint density at radius 2 is 1.94 bits per heavy atom. The van der Waals surface area contributed by atoms with Crippen LogP contribution in [0.1, 0.15) is 38.3 Å². The van der Waals surface area contributed by atoms with E-state index in [9.17, 15) is 9.59 Å². The lowest BCUT2D eigenvalue weighted by molar-refractivity contribution is 0.544. The molecule has 96 valence electrons. The van der Waals surface area contributed by atoms with E-state index in [1.807, 2.05) is 27.0 Å². The molecule has 0 aliphatic heterocycles. The topological polar surface area (TPSA) is 54.9 Å². The monoisotopic (exact) mass is 276 g/mol. The molecule has 1 N–H and O–H groups in total. The number of halogens is 1. The number of rotatable bonds is 4. The van der Waals surface area contributed by atoms with Crippen molar-refractivity contribution in [2.75, 3.05) is 12.0 Å². The molecule has 6 heteroatoms. The fraction of sp³-hybridized carbons (Fsp3) is 0.636. The van der Waals surface area contributed by atoms with Gasteiger partial charge in [-0.25, -0.2) is 4.79 Å². The normalized spacial score (nSPS) is 13.1. The van der Waals surface area contributed by atoms with Gasteiger partial charge in [0.15, 0.2) is 0 Å². The molecule has 0 aromatic carbocycles. The fourth-order valence-corrected chi connectivity index (χ4v) is 2.77. The van der Waals surface area contributed by atoms with Gasteiger partial charge >= 0.3 is 5.69 Å². The molecule has 0 amide bonds. The molecular formula is C11H17ClN2O2S. The molecule has 1 unspecified atom stereocenters. The highest BCUT2D eigenvalue weighted by Crippen LogP contribution is 2.17. The molecule has 0 aliphatic rings. The highest BCUT2D eigenvalue weighted by atomic mass is 35.5. The van der Waals surface area contributed by atoms with Gasteiger partial charge in [0.2, 0.25) is 0 Å². The Labute approximate surface area is 109 Å². The zero-order valence-electron chi connectivity index (χ0n) is 10.4. The van der Waals surface area contributed by atoms with Crippen LogP contribution >= 0.6 is 23.4 Å². The molecule has 0 bridgehead atoms. The van der Waals surface area contributed by atoms with Crippen LogP contribution in [0.5, 0.6) is 0 Å². The van der Waals surface area contributed by atoms with Gasteiger partial charge in [-0.2, -0.15) is 11.8 Å². The van der Waals surface area contributed by atoms with Crippen LogP contribution in [0.15, 0.2) is 9.59 Å². The number of thioether (sulfide) groups is 1. The number of hydrogen-bond acceptors (Lipinski definition) is 3. The van der Waals surface area contributed by atoms with Gasteiger partial charge in [0, 0.05) is 11.8 Å². The molecule has 0 aliphatic carbocycles. The summed E-state index contributed by atoms with van der Waals surface area (Å²) in [6, 6.07) is -0.143. The van der Waals surface area contributed by atoms with Crippen molar-refractivity contribution in [3.05, 3.63) is 31.6 Å². The van der Waals surface area contributed by atoms with Crippen LogP contribution in [-0.2, 0) is 0 Å². The lowest BCUT2D eigenvalue weighted by Gasteiger charge is -2.16. The molecule has 0 fully saturated rings. The summed E-state index contributed by atoms with van der Waals surface area (Å²) < 4.78 is 1.25. The van der Waals surface area contributed by atoms with Crippen molar-refractivity contribution >= 4 is 23.4 Å². The van der Waals surface area contributed by atoms with Crippen molar-refractivity contribution in [1.82, 2.24) is 9.55 Å². The van der Waals surface area contributed by atoms with Crippen LogP contribution in [0, 0.1) is 0 Å². The molecule has 1 aromatic rings. The van der Waals surface area contributed by atoms with Crippen molar-refractivity contribution in [3.63, 3.8) is 0 Å². The SMILES string of the molecule is CSCC(C)n1c(=O)[nH]c(Cl)c(C(C)C)c1=O. The van der Waals surface area contributed by atoms with Gasteiger partial charge in [0.25, 0.3) is 5.56 Å². The van der Waals surface area contributed by atoms with Crippen LogP contribution in [0.25, 0.3) is 0 Å². The molecular weight excluding hydrogens is 260 g/mol. The second-order valence-electron chi connectivity index (χ2n) is 4.29. The minimum Gasteiger partial charge on any atom is -0.297 e. The Hall–Kier alpha value is -0.680. The number of H-pyrrole nitrogens is 1. The van der Waals surface area contributed by atoms with E-state index in [0.717, 1.165) is 0 Å². The minimum absolute atomic E-state index is 0.0143. The van der Waals surface area contributed by atoms with E-state index in [2.05, 4.69) is 4.98 Å². The van der Waals surface area contributed by atoms with Crippen LogP contribution in [0.2, 0.25) is 5.15 Å². The summed E-state index contributed by atoms with van der Waals surface area (Å²) in [6.45, 7) is 5.61. The van der Waals surface area contributed by atoms with Crippen LogP contribution in [-0.4, -0.2) is 21.6 Å². The minimum atomic E-state index is -0.439. The maximum absolute atomic E-state index is 12.2. The van der Waals surface area contributed by atoms with E-state index < -0.39 is 5.69 Å². The highest BCUT2D eigenvalue weighted by Gasteiger charge is 2.18. The standard InChI is InChI=1S/C11H17ClN2O2S/c1-6(2)8-9(12)13-11(16)14(10(8)15)7(3)5-17-4/h6-7H,5H2,1-4H3,(H,13,16). The quantitative estimate of drug-likeness (QED) is 0.858. The predicted molar refractivity (Wildman–Crippen MR) is 73.5 cm³/mol. The third-order valence-electron chi connectivity index (χ3n) is 2.55. The van der Waals surface area contributed by atoms with E-state index in [-0.39, 0.29) is 22.7 Å². The second kappa shape index (κ2) is 5.78. The predicted octanol–water partition coefficient (Wildman–Crippen LogP) is 2.24. The lowest BCUT2D eigenvalue weighted by Crippen LogP contribution is -2.40. The number of nitrogens with one attached hydrogen (secondary N) is 1. The first kappa shape index (κ1) is 14.4. The summed E-state index contributed by atoms with van der Waals surface area (Å²) in [5.41, 5.74) is -0.250. The van der Waals surface area contributed by atoms with Gasteiger partial charge in [0.1, 0.15) is 5.15 Å². The van der Waals surface area contributed by atoms with E-state index in [4.69, 9.17) is 11.6 Å². The van der Waals surface area contributed by atoms with Crippen molar-refractivity contribution in [1.29, 1.82) is 0 Å².